The van der Waals surface area contributed by atoms with Crippen molar-refractivity contribution < 1.29 is 0 Å². The molecule has 0 fully saturated rings. The lowest BCUT2D eigenvalue weighted by atomic mass is 9.56. The molecule has 0 saturated heterocycles. The molecule has 1 heteroatoms. The monoisotopic (exact) mass is 166 g/mol. The Morgan fingerprint density at radius 3 is 1.75 bits per heavy atom. The highest BCUT2D eigenvalue weighted by molar-refractivity contribution is 6.12. The first-order valence-corrected chi connectivity index (χ1v) is 4.85. The van der Waals surface area contributed by atoms with Gasteiger partial charge in [0.15, 0.2) is 0 Å². The van der Waals surface area contributed by atoms with Crippen LogP contribution in [0.5, 0.6) is 0 Å². The molecule has 0 radical (unpaired) electrons. The number of hydrogen-bond donors (Lipinski definition) is 0. The lowest BCUT2D eigenvalue weighted by molar-refractivity contribution is 0.263. The quantitative estimate of drug-likeness (QED) is 0.436. The van der Waals surface area contributed by atoms with Crippen molar-refractivity contribution in [3.8, 4) is 0 Å². The molecule has 1 unspecified atom stereocenters. The smallest absolute Gasteiger partial charge is 0.0911 e. The minimum absolute atomic E-state index is 0.312. The fourth-order valence-electron chi connectivity index (χ4n) is 1.69. The molecule has 0 aromatic heterocycles. The molecule has 0 nitrogen and oxygen atoms in total. The lowest BCUT2D eigenvalue weighted by Gasteiger charge is -2.39. The summed E-state index contributed by atoms with van der Waals surface area (Å²) in [4.78, 5) is 0. The van der Waals surface area contributed by atoms with Crippen molar-refractivity contribution in [3.63, 3.8) is 0 Å². The second-order valence-corrected chi connectivity index (χ2v) is 5.41. The summed E-state index contributed by atoms with van der Waals surface area (Å²) in [5, 5.41) is 0. The Morgan fingerprint density at radius 1 is 1.08 bits per heavy atom. The molecule has 0 amide bonds. The van der Waals surface area contributed by atoms with E-state index in [1.165, 1.54) is 0 Å². The van der Waals surface area contributed by atoms with Gasteiger partial charge >= 0.3 is 0 Å². The normalized spacial score (nSPS) is 16.8. The molecule has 0 rings (SSSR count). The Morgan fingerprint density at radius 2 is 1.50 bits per heavy atom. The zero-order valence-electron chi connectivity index (χ0n) is 9.73. The van der Waals surface area contributed by atoms with Gasteiger partial charge in [-0.15, -0.1) is 0 Å². The van der Waals surface area contributed by atoms with Gasteiger partial charge in [0, 0.05) is 0 Å². The van der Waals surface area contributed by atoms with Crippen LogP contribution < -0.4 is 0 Å². The van der Waals surface area contributed by atoms with Crippen molar-refractivity contribution in [2.24, 2.45) is 10.8 Å². The zero-order chi connectivity index (χ0) is 9.99. The summed E-state index contributed by atoms with van der Waals surface area (Å²) >= 11 is 0. The molecule has 0 aromatic carbocycles. The third kappa shape index (κ3) is 3.04. The molecule has 12 heavy (non-hydrogen) atoms. The highest BCUT2D eigenvalue weighted by Crippen LogP contribution is 2.43. The number of hydrogen-bond acceptors (Lipinski definition) is 0. The summed E-state index contributed by atoms with van der Waals surface area (Å²) in [6.45, 7) is 13.6. The van der Waals surface area contributed by atoms with E-state index in [9.17, 15) is 0 Å². The van der Waals surface area contributed by atoms with Crippen molar-refractivity contribution in [2.45, 2.75) is 47.4 Å². The fourth-order valence-corrected chi connectivity index (χ4v) is 1.69. The lowest BCUT2D eigenvalue weighted by Crippen LogP contribution is -2.28. The van der Waals surface area contributed by atoms with Crippen LogP contribution in [0.4, 0.5) is 0 Å². The molecule has 0 aliphatic carbocycles. The van der Waals surface area contributed by atoms with Gasteiger partial charge in [0.1, 0.15) is 7.85 Å². The van der Waals surface area contributed by atoms with Crippen molar-refractivity contribution >= 4 is 7.85 Å². The van der Waals surface area contributed by atoms with Crippen molar-refractivity contribution in [2.75, 3.05) is 0 Å². The van der Waals surface area contributed by atoms with Gasteiger partial charge in [-0.25, -0.2) is 0 Å². The second kappa shape index (κ2) is 3.68. The van der Waals surface area contributed by atoms with Gasteiger partial charge in [-0.05, 0) is 17.8 Å². The van der Waals surface area contributed by atoms with Crippen LogP contribution in [0, 0.1) is 10.8 Å². The molecule has 1 atom stereocenters. The van der Waals surface area contributed by atoms with Gasteiger partial charge in [-0.2, -0.15) is 0 Å². The Labute approximate surface area is 78.9 Å². The molecular weight excluding hydrogens is 143 g/mol. The third-order valence-electron chi connectivity index (χ3n) is 3.01. The first-order chi connectivity index (χ1) is 5.22. The van der Waals surface area contributed by atoms with Crippen LogP contribution in [0.1, 0.15) is 41.5 Å². The Balaban J connectivity index is 4.56. The van der Waals surface area contributed by atoms with Crippen LogP contribution in [-0.2, 0) is 0 Å². The van der Waals surface area contributed by atoms with E-state index < -0.39 is 0 Å². The molecule has 70 valence electrons. The molecule has 0 saturated carbocycles. The number of rotatable bonds is 2. The van der Waals surface area contributed by atoms with Crippen LogP contribution in [0.15, 0.2) is 12.2 Å². The minimum atomic E-state index is 0.312. The SMILES string of the molecule is BC(C(C)(C)C)C(C)(C)/C=C/C. The van der Waals surface area contributed by atoms with Crippen LogP contribution in [0.25, 0.3) is 0 Å². The summed E-state index contributed by atoms with van der Waals surface area (Å²) in [7, 11) is 2.33. The van der Waals surface area contributed by atoms with Gasteiger partial charge in [-0.1, -0.05) is 52.6 Å². The molecule has 0 aliphatic heterocycles. The summed E-state index contributed by atoms with van der Waals surface area (Å²) in [5.41, 5.74) is 0.704. The zero-order valence-corrected chi connectivity index (χ0v) is 9.73. The van der Waals surface area contributed by atoms with Crippen molar-refractivity contribution in [1.82, 2.24) is 0 Å². The molecule has 0 aromatic rings. The Hall–Kier alpha value is -0.195. The Bertz CT molecular complexity index is 160. The van der Waals surface area contributed by atoms with Crippen LogP contribution in [0.2, 0.25) is 5.82 Å². The molecule has 0 spiro atoms. The van der Waals surface area contributed by atoms with E-state index in [1.54, 1.807) is 0 Å². The molecule has 0 aliphatic rings. The van der Waals surface area contributed by atoms with Gasteiger partial charge < -0.3 is 0 Å². The first kappa shape index (κ1) is 11.8. The number of allylic oxidation sites excluding steroid dienone is 2. The van der Waals surface area contributed by atoms with Gasteiger partial charge in [0.2, 0.25) is 0 Å². The average Bonchev–Trinajstić information content (AvgIpc) is 1.84. The topological polar surface area (TPSA) is 0 Å². The van der Waals surface area contributed by atoms with E-state index in [4.69, 9.17) is 0 Å². The van der Waals surface area contributed by atoms with E-state index in [1.807, 2.05) is 0 Å². The standard InChI is InChI=1S/C11H23B/c1-7-8-11(5,6)9(12)10(2,3)4/h7-9H,12H2,1-6H3/b8-7+. The van der Waals surface area contributed by atoms with Crippen molar-refractivity contribution in [1.29, 1.82) is 0 Å². The van der Waals surface area contributed by atoms with Crippen LogP contribution >= 0.6 is 0 Å². The van der Waals surface area contributed by atoms with E-state index in [0.29, 0.717) is 16.6 Å². The molecule has 0 N–H and O–H groups in total. The molecule has 0 heterocycles. The van der Waals surface area contributed by atoms with E-state index in [0.717, 1.165) is 0 Å². The Kier molecular flexibility index (Phi) is 3.62. The van der Waals surface area contributed by atoms with Crippen LogP contribution in [-0.4, -0.2) is 7.85 Å². The van der Waals surface area contributed by atoms with E-state index in [-0.39, 0.29) is 0 Å². The maximum absolute atomic E-state index is 2.33. The highest BCUT2D eigenvalue weighted by atomic mass is 14.3. The highest BCUT2D eigenvalue weighted by Gasteiger charge is 2.31. The fraction of sp³-hybridized carbons (Fsp3) is 0.818. The van der Waals surface area contributed by atoms with Gasteiger partial charge in [-0.3, -0.25) is 0 Å². The predicted octanol–water partition coefficient (Wildman–Crippen LogP) is 3.06. The van der Waals surface area contributed by atoms with Gasteiger partial charge in [0.05, 0.1) is 0 Å². The third-order valence-corrected chi connectivity index (χ3v) is 3.01. The summed E-state index contributed by atoms with van der Waals surface area (Å²) in [5.74, 6) is 0.696. The van der Waals surface area contributed by atoms with Crippen molar-refractivity contribution in [3.05, 3.63) is 12.2 Å². The minimum Gasteiger partial charge on any atom is -0.0911 e. The summed E-state index contributed by atoms with van der Waals surface area (Å²) in [6, 6.07) is 0. The maximum Gasteiger partial charge on any atom is 0.107 e. The van der Waals surface area contributed by atoms with Gasteiger partial charge in [0.25, 0.3) is 0 Å². The first-order valence-electron chi connectivity index (χ1n) is 4.85. The summed E-state index contributed by atoms with van der Waals surface area (Å²) in [6.07, 6.45) is 4.46. The predicted molar refractivity (Wildman–Crippen MR) is 60.3 cm³/mol. The largest absolute Gasteiger partial charge is 0.107 e. The molecule has 0 bridgehead atoms. The summed E-state index contributed by atoms with van der Waals surface area (Å²) < 4.78 is 0. The second-order valence-electron chi connectivity index (χ2n) is 5.41. The maximum atomic E-state index is 2.33. The van der Waals surface area contributed by atoms with E-state index >= 15 is 0 Å². The molecular formula is C11H23B. The van der Waals surface area contributed by atoms with E-state index in [2.05, 4.69) is 61.5 Å². The van der Waals surface area contributed by atoms with Crippen LogP contribution in [0.3, 0.4) is 0 Å². The average molecular weight is 166 g/mol.